The van der Waals surface area contributed by atoms with Crippen LogP contribution < -0.4 is 5.01 Å². The quantitative estimate of drug-likeness (QED) is 0.477. The number of thiazole rings is 1. The number of halogens is 2. The van der Waals surface area contributed by atoms with Gasteiger partial charge in [0, 0.05) is 16.0 Å². The van der Waals surface area contributed by atoms with E-state index in [1.54, 1.807) is 25.1 Å². The third-order valence-corrected chi connectivity index (χ3v) is 5.38. The normalized spacial score (nSPS) is 16.8. The molecule has 0 unspecified atom stereocenters. The van der Waals surface area contributed by atoms with Crippen LogP contribution in [0.1, 0.15) is 6.92 Å². The number of amides is 1. The molecule has 9 heteroatoms. The predicted molar refractivity (Wildman–Crippen MR) is 113 cm³/mol. The number of hydrazone groups is 1. The van der Waals surface area contributed by atoms with Crippen molar-refractivity contribution in [2.45, 2.75) is 13.0 Å². The molecule has 6 nitrogen and oxygen atoms in total. The second-order valence-electron chi connectivity index (χ2n) is 5.99. The fourth-order valence-electron chi connectivity index (χ4n) is 2.61. The molecule has 2 heterocycles. The minimum atomic E-state index is -0.809. The molecule has 1 aliphatic rings. The smallest absolute Gasteiger partial charge is 0.269 e. The second-order valence-corrected chi connectivity index (χ2v) is 7.67. The lowest BCUT2D eigenvalue weighted by atomic mass is 10.2. The summed E-state index contributed by atoms with van der Waals surface area (Å²) in [4.78, 5) is 17.3. The molecule has 1 amide bonds. The van der Waals surface area contributed by atoms with Gasteiger partial charge in [0.2, 0.25) is 5.13 Å². The van der Waals surface area contributed by atoms with Crippen molar-refractivity contribution in [2.24, 2.45) is 15.3 Å². The molecule has 1 aliphatic heterocycles. The van der Waals surface area contributed by atoms with E-state index in [4.69, 9.17) is 23.2 Å². The van der Waals surface area contributed by atoms with Crippen molar-refractivity contribution in [3.05, 3.63) is 64.0 Å². The van der Waals surface area contributed by atoms with Gasteiger partial charge < -0.3 is 0 Å². The monoisotopic (exact) mass is 429 g/mol. The highest BCUT2D eigenvalue weighted by atomic mass is 35.5. The highest BCUT2D eigenvalue weighted by Crippen LogP contribution is 2.32. The van der Waals surface area contributed by atoms with Crippen LogP contribution in [0, 0.1) is 0 Å². The SMILES string of the molecule is CC1=NN(c2nc(-c3ccccc3)cs2)C(=O)[C@@H]1N=Nc1ccc(Cl)cc1Cl. The number of azo groups is 1. The van der Waals surface area contributed by atoms with E-state index in [-0.39, 0.29) is 5.91 Å². The third-order valence-electron chi connectivity index (χ3n) is 4.03. The first-order valence-electron chi connectivity index (χ1n) is 8.29. The Labute approximate surface area is 175 Å². The van der Waals surface area contributed by atoms with Gasteiger partial charge in [0.15, 0.2) is 6.04 Å². The molecule has 0 N–H and O–H groups in total. The predicted octanol–water partition coefficient (Wildman–Crippen LogP) is 5.99. The van der Waals surface area contributed by atoms with E-state index in [1.165, 1.54) is 16.3 Å². The first-order valence-corrected chi connectivity index (χ1v) is 9.92. The molecule has 2 aromatic carbocycles. The van der Waals surface area contributed by atoms with E-state index in [1.807, 2.05) is 35.7 Å². The van der Waals surface area contributed by atoms with Crippen LogP contribution in [-0.4, -0.2) is 22.6 Å². The molecule has 4 rings (SSSR count). The van der Waals surface area contributed by atoms with Crippen LogP contribution in [0.15, 0.2) is 69.2 Å². The van der Waals surface area contributed by atoms with Gasteiger partial charge in [0.25, 0.3) is 5.91 Å². The average Bonchev–Trinajstić information content (AvgIpc) is 3.27. The Bertz CT molecular complexity index is 1100. The van der Waals surface area contributed by atoms with Gasteiger partial charge in [-0.25, -0.2) is 4.98 Å². The molecular formula is C19H13Cl2N5OS. The zero-order valence-corrected chi connectivity index (χ0v) is 16.9. The minimum absolute atomic E-state index is 0.305. The first kappa shape index (κ1) is 18.7. The highest BCUT2D eigenvalue weighted by molar-refractivity contribution is 7.14. The number of aromatic nitrogens is 1. The number of hydrogen-bond acceptors (Lipinski definition) is 6. The number of nitrogens with zero attached hydrogens (tertiary/aromatic N) is 5. The number of anilines is 1. The van der Waals surface area contributed by atoms with Crippen molar-refractivity contribution in [3.63, 3.8) is 0 Å². The second kappa shape index (κ2) is 7.79. The van der Waals surface area contributed by atoms with Crippen LogP contribution in [0.5, 0.6) is 0 Å². The van der Waals surface area contributed by atoms with Crippen LogP contribution in [-0.2, 0) is 4.79 Å². The third kappa shape index (κ3) is 3.69. The minimum Gasteiger partial charge on any atom is -0.269 e. The molecule has 0 saturated carbocycles. The molecule has 0 spiro atoms. The van der Waals surface area contributed by atoms with E-state index in [0.29, 0.717) is 26.6 Å². The van der Waals surface area contributed by atoms with Crippen molar-refractivity contribution >= 4 is 57.0 Å². The summed E-state index contributed by atoms with van der Waals surface area (Å²) in [5, 5.41) is 17.1. The summed E-state index contributed by atoms with van der Waals surface area (Å²) in [5.41, 5.74) is 2.74. The summed E-state index contributed by atoms with van der Waals surface area (Å²) < 4.78 is 0. The molecule has 140 valence electrons. The van der Waals surface area contributed by atoms with Gasteiger partial charge in [-0.1, -0.05) is 53.5 Å². The molecule has 0 saturated heterocycles. The van der Waals surface area contributed by atoms with Gasteiger partial charge >= 0.3 is 0 Å². The molecule has 28 heavy (non-hydrogen) atoms. The lowest BCUT2D eigenvalue weighted by Crippen LogP contribution is -2.29. The molecule has 1 atom stereocenters. The van der Waals surface area contributed by atoms with Gasteiger partial charge in [-0.2, -0.15) is 20.3 Å². The lowest BCUT2D eigenvalue weighted by molar-refractivity contribution is -0.117. The van der Waals surface area contributed by atoms with Crippen molar-refractivity contribution < 1.29 is 4.79 Å². The van der Waals surface area contributed by atoms with E-state index < -0.39 is 6.04 Å². The summed E-state index contributed by atoms with van der Waals surface area (Å²) in [7, 11) is 0. The summed E-state index contributed by atoms with van der Waals surface area (Å²) in [6.45, 7) is 1.73. The van der Waals surface area contributed by atoms with Crippen LogP contribution in [0.3, 0.4) is 0 Å². The standard InChI is InChI=1S/C19H13Cl2N5OS/c1-11-17(24-23-15-8-7-13(20)9-14(15)21)18(27)26(25-11)19-22-16(10-28-19)12-5-3-2-4-6-12/h2-10,17H,1H3/t17-/m1/s1. The van der Waals surface area contributed by atoms with Gasteiger partial charge in [-0.3, -0.25) is 4.79 Å². The number of rotatable bonds is 4. The molecule has 3 aromatic rings. The number of carbonyl (C=O) groups is 1. The Kier molecular flexibility index (Phi) is 5.21. The average molecular weight is 430 g/mol. The maximum absolute atomic E-state index is 12.8. The van der Waals surface area contributed by atoms with E-state index in [9.17, 15) is 4.79 Å². The van der Waals surface area contributed by atoms with Crippen molar-refractivity contribution in [3.8, 4) is 11.3 Å². The van der Waals surface area contributed by atoms with Gasteiger partial charge in [-0.15, -0.1) is 11.3 Å². The van der Waals surface area contributed by atoms with Gasteiger partial charge in [0.05, 0.1) is 16.4 Å². The molecule has 0 aliphatic carbocycles. The van der Waals surface area contributed by atoms with Crippen molar-refractivity contribution in [1.82, 2.24) is 4.98 Å². The summed E-state index contributed by atoms with van der Waals surface area (Å²) >= 11 is 13.3. The van der Waals surface area contributed by atoms with Crippen LogP contribution in [0.25, 0.3) is 11.3 Å². The van der Waals surface area contributed by atoms with Gasteiger partial charge in [0.1, 0.15) is 5.69 Å². The first-order chi connectivity index (χ1) is 13.5. The van der Waals surface area contributed by atoms with Crippen molar-refractivity contribution in [1.29, 1.82) is 0 Å². The molecule has 0 bridgehead atoms. The molecule has 0 fully saturated rings. The summed E-state index contributed by atoms with van der Waals surface area (Å²) in [6, 6.07) is 13.8. The fraction of sp³-hybridized carbons (Fsp3) is 0.105. The topological polar surface area (TPSA) is 70.3 Å². The van der Waals surface area contributed by atoms with E-state index in [2.05, 4.69) is 20.3 Å². The number of carbonyl (C=O) groups excluding carboxylic acids is 1. The number of hydrogen-bond donors (Lipinski definition) is 0. The van der Waals surface area contributed by atoms with Crippen LogP contribution >= 0.6 is 34.5 Å². The van der Waals surface area contributed by atoms with Crippen LogP contribution in [0.4, 0.5) is 10.8 Å². The Morgan fingerprint density at radius 2 is 1.93 bits per heavy atom. The highest BCUT2D eigenvalue weighted by Gasteiger charge is 2.36. The van der Waals surface area contributed by atoms with Crippen molar-refractivity contribution in [2.75, 3.05) is 5.01 Å². The van der Waals surface area contributed by atoms with Gasteiger partial charge in [-0.05, 0) is 25.1 Å². The van der Waals surface area contributed by atoms with E-state index >= 15 is 0 Å². The Balaban J connectivity index is 1.55. The summed E-state index contributed by atoms with van der Waals surface area (Å²) in [5.74, 6) is -0.305. The number of benzene rings is 2. The molecule has 1 aromatic heterocycles. The lowest BCUT2D eigenvalue weighted by Gasteiger charge is -2.08. The maximum atomic E-state index is 12.8. The maximum Gasteiger partial charge on any atom is 0.282 e. The Hall–Kier alpha value is -2.61. The van der Waals surface area contributed by atoms with Crippen LogP contribution in [0.2, 0.25) is 10.0 Å². The molecule has 0 radical (unpaired) electrons. The summed E-state index contributed by atoms with van der Waals surface area (Å²) in [6.07, 6.45) is 0. The van der Waals surface area contributed by atoms with E-state index in [0.717, 1.165) is 11.3 Å². The Morgan fingerprint density at radius 1 is 1.14 bits per heavy atom. The Morgan fingerprint density at radius 3 is 2.68 bits per heavy atom. The largest absolute Gasteiger partial charge is 0.282 e. The zero-order valence-electron chi connectivity index (χ0n) is 14.6. The fourth-order valence-corrected chi connectivity index (χ4v) is 3.85. The zero-order chi connectivity index (χ0) is 19.7. The molecular weight excluding hydrogens is 417 g/mol.